The Kier molecular flexibility index (Phi) is 5.48. The van der Waals surface area contributed by atoms with Gasteiger partial charge in [-0.25, -0.2) is 0 Å². The molecule has 1 aromatic heterocycles. The minimum Gasteiger partial charge on any atom is -0.487 e. The van der Waals surface area contributed by atoms with E-state index in [-0.39, 0.29) is 11.5 Å². The molecule has 5 nitrogen and oxygen atoms in total. The number of carbonyl (C=O) groups is 1. The summed E-state index contributed by atoms with van der Waals surface area (Å²) in [4.78, 5) is 21.4. The quantitative estimate of drug-likeness (QED) is 0.708. The molecule has 1 aromatic carbocycles. The topological polar surface area (TPSA) is 45.7 Å². The third-order valence-corrected chi connectivity index (χ3v) is 7.91. The number of aryl methyl sites for hydroxylation is 1. The van der Waals surface area contributed by atoms with E-state index in [9.17, 15) is 4.79 Å². The number of hydrogen-bond donors (Lipinski definition) is 0. The van der Waals surface area contributed by atoms with E-state index >= 15 is 0 Å². The number of rotatable bonds is 3. The van der Waals surface area contributed by atoms with Gasteiger partial charge in [0.25, 0.3) is 5.91 Å². The number of likely N-dealkylation sites (tertiary alicyclic amines) is 2. The molecule has 0 aliphatic carbocycles. The summed E-state index contributed by atoms with van der Waals surface area (Å²) >= 11 is 0. The van der Waals surface area contributed by atoms with E-state index in [0.717, 1.165) is 63.3 Å². The van der Waals surface area contributed by atoms with Crippen LogP contribution in [0.5, 0.6) is 5.75 Å². The average Bonchev–Trinajstić information content (AvgIpc) is 3.14. The maximum absolute atomic E-state index is 12.8. The number of carbonyl (C=O) groups excluding carboxylic acids is 1. The molecule has 5 rings (SSSR count). The van der Waals surface area contributed by atoms with Crippen LogP contribution in [0.2, 0.25) is 0 Å². The van der Waals surface area contributed by atoms with Crippen LogP contribution in [-0.2, 0) is 13.0 Å². The van der Waals surface area contributed by atoms with Gasteiger partial charge in [0.2, 0.25) is 0 Å². The van der Waals surface area contributed by atoms with Crippen LogP contribution in [0.25, 0.3) is 0 Å². The third-order valence-electron chi connectivity index (χ3n) is 7.91. The van der Waals surface area contributed by atoms with Crippen molar-refractivity contribution in [2.75, 3.05) is 26.2 Å². The maximum Gasteiger partial charge on any atom is 0.253 e. The Balaban J connectivity index is 1.18. The Morgan fingerprint density at radius 1 is 1.00 bits per heavy atom. The van der Waals surface area contributed by atoms with Crippen LogP contribution in [-0.4, -0.2) is 52.5 Å². The number of amides is 1. The molecule has 2 aromatic rings. The van der Waals surface area contributed by atoms with Gasteiger partial charge in [0.05, 0.1) is 0 Å². The zero-order chi connectivity index (χ0) is 22.3. The van der Waals surface area contributed by atoms with Crippen LogP contribution < -0.4 is 4.74 Å². The van der Waals surface area contributed by atoms with Gasteiger partial charge in [0.15, 0.2) is 0 Å². The van der Waals surface area contributed by atoms with Gasteiger partial charge in [-0.1, -0.05) is 12.1 Å². The van der Waals surface area contributed by atoms with Crippen LogP contribution in [0.3, 0.4) is 0 Å². The highest BCUT2D eigenvalue weighted by Crippen LogP contribution is 2.43. The zero-order valence-corrected chi connectivity index (χ0v) is 19.7. The molecule has 0 atom stereocenters. The Labute approximate surface area is 191 Å². The van der Waals surface area contributed by atoms with Crippen molar-refractivity contribution in [3.8, 4) is 5.75 Å². The van der Waals surface area contributed by atoms with Gasteiger partial charge in [-0.15, -0.1) is 0 Å². The van der Waals surface area contributed by atoms with Crippen LogP contribution in [0.15, 0.2) is 36.7 Å². The largest absolute Gasteiger partial charge is 0.487 e. The molecule has 3 aliphatic heterocycles. The summed E-state index contributed by atoms with van der Waals surface area (Å²) in [5, 5.41) is 0. The summed E-state index contributed by atoms with van der Waals surface area (Å²) < 4.78 is 6.36. The molecule has 3 aliphatic rings. The van der Waals surface area contributed by atoms with E-state index in [1.165, 1.54) is 29.5 Å². The Morgan fingerprint density at radius 2 is 1.66 bits per heavy atom. The zero-order valence-electron chi connectivity index (χ0n) is 19.7. The van der Waals surface area contributed by atoms with E-state index in [0.29, 0.717) is 5.41 Å². The second-order valence-electron chi connectivity index (χ2n) is 10.7. The van der Waals surface area contributed by atoms with Gasteiger partial charge in [0, 0.05) is 55.1 Å². The highest BCUT2D eigenvalue weighted by Gasteiger charge is 2.39. The van der Waals surface area contributed by atoms with E-state index in [1.807, 2.05) is 17.0 Å². The summed E-state index contributed by atoms with van der Waals surface area (Å²) in [6, 6.07) is 8.17. The lowest BCUT2D eigenvalue weighted by Gasteiger charge is -2.47. The van der Waals surface area contributed by atoms with Crippen molar-refractivity contribution < 1.29 is 9.53 Å². The number of pyridine rings is 1. The van der Waals surface area contributed by atoms with Gasteiger partial charge in [-0.05, 0) is 82.7 Å². The summed E-state index contributed by atoms with van der Waals surface area (Å²) in [6.45, 7) is 11.5. The van der Waals surface area contributed by atoms with Crippen molar-refractivity contribution in [2.45, 2.75) is 65.0 Å². The summed E-state index contributed by atoms with van der Waals surface area (Å²) in [7, 11) is 0. The maximum atomic E-state index is 12.8. The van der Waals surface area contributed by atoms with Crippen LogP contribution in [0, 0.1) is 12.3 Å². The van der Waals surface area contributed by atoms with E-state index in [4.69, 9.17) is 4.74 Å². The minimum atomic E-state index is -0.100. The number of benzene rings is 1. The normalized spacial score (nSPS) is 21.9. The summed E-state index contributed by atoms with van der Waals surface area (Å²) in [5.41, 5.74) is 5.13. The molecule has 5 heteroatoms. The molecule has 1 amide bonds. The Hall–Kier alpha value is -2.40. The fraction of sp³-hybridized carbons (Fsp3) is 0.556. The number of hydrogen-bond acceptors (Lipinski definition) is 4. The molecule has 0 radical (unpaired) electrons. The summed E-state index contributed by atoms with van der Waals surface area (Å²) in [6.07, 6.45) is 9.09. The second-order valence-corrected chi connectivity index (χ2v) is 10.7. The van der Waals surface area contributed by atoms with E-state index < -0.39 is 0 Å². The van der Waals surface area contributed by atoms with Gasteiger partial charge >= 0.3 is 0 Å². The lowest BCUT2D eigenvalue weighted by Crippen LogP contribution is -2.48. The standard InChI is InChI=1S/C27H35N3O2/c1-20-4-5-22(24-23(20)18-26(2,3)32-24)19-29-14-8-27(9-15-29)10-16-30(17-11-27)25(31)21-6-12-28-13-7-21/h4-7,12-13H,8-11,14-19H2,1-3H3. The van der Waals surface area contributed by atoms with Gasteiger partial charge in [0.1, 0.15) is 11.4 Å². The van der Waals surface area contributed by atoms with Crippen LogP contribution in [0.4, 0.5) is 0 Å². The molecule has 32 heavy (non-hydrogen) atoms. The van der Waals surface area contributed by atoms with Crippen LogP contribution >= 0.6 is 0 Å². The lowest BCUT2D eigenvalue weighted by molar-refractivity contribution is 0.0282. The molecule has 0 bridgehead atoms. The van der Waals surface area contributed by atoms with Gasteiger partial charge in [-0.3, -0.25) is 14.7 Å². The molecule has 0 unspecified atom stereocenters. The predicted octanol–water partition coefficient (Wildman–Crippen LogP) is 4.62. The van der Waals surface area contributed by atoms with Crippen molar-refractivity contribution in [3.05, 3.63) is 58.9 Å². The Bertz CT molecular complexity index is 983. The monoisotopic (exact) mass is 433 g/mol. The third kappa shape index (κ3) is 4.15. The van der Waals surface area contributed by atoms with Crippen LogP contribution in [0.1, 0.15) is 66.6 Å². The SMILES string of the molecule is Cc1ccc(CN2CCC3(CC2)CCN(C(=O)c2ccncc2)CC3)c2c1CC(C)(C)O2. The molecular formula is C27H35N3O2. The van der Waals surface area contributed by atoms with Gasteiger partial charge < -0.3 is 9.64 Å². The molecule has 170 valence electrons. The van der Waals surface area contributed by atoms with E-state index in [1.54, 1.807) is 12.4 Å². The fourth-order valence-electron chi connectivity index (χ4n) is 5.77. The van der Waals surface area contributed by atoms with E-state index in [2.05, 4.69) is 42.8 Å². The number of aromatic nitrogens is 1. The summed E-state index contributed by atoms with van der Waals surface area (Å²) in [5.74, 6) is 1.29. The van der Waals surface area contributed by atoms with Crippen molar-refractivity contribution >= 4 is 5.91 Å². The molecule has 0 saturated carbocycles. The molecule has 0 N–H and O–H groups in total. The number of piperidine rings is 2. The molecule has 1 spiro atoms. The minimum absolute atomic E-state index is 0.100. The molecular weight excluding hydrogens is 398 g/mol. The highest BCUT2D eigenvalue weighted by atomic mass is 16.5. The van der Waals surface area contributed by atoms with Gasteiger partial charge in [-0.2, -0.15) is 0 Å². The number of fused-ring (bicyclic) bond motifs is 1. The van der Waals surface area contributed by atoms with Crippen molar-refractivity contribution in [1.29, 1.82) is 0 Å². The molecule has 4 heterocycles. The predicted molar refractivity (Wildman–Crippen MR) is 126 cm³/mol. The highest BCUT2D eigenvalue weighted by molar-refractivity contribution is 5.94. The fourth-order valence-corrected chi connectivity index (χ4v) is 5.77. The van der Waals surface area contributed by atoms with Crippen molar-refractivity contribution in [2.24, 2.45) is 5.41 Å². The smallest absolute Gasteiger partial charge is 0.253 e. The molecule has 2 saturated heterocycles. The second kappa shape index (κ2) is 8.18. The number of ether oxygens (including phenoxy) is 1. The first kappa shape index (κ1) is 21.4. The first-order valence-electron chi connectivity index (χ1n) is 12.1. The number of nitrogens with zero attached hydrogens (tertiary/aromatic N) is 3. The average molecular weight is 434 g/mol. The Morgan fingerprint density at radius 3 is 2.34 bits per heavy atom. The first-order chi connectivity index (χ1) is 15.3. The molecule has 2 fully saturated rings. The van der Waals surface area contributed by atoms with Crippen molar-refractivity contribution in [3.63, 3.8) is 0 Å². The first-order valence-corrected chi connectivity index (χ1v) is 12.1. The van der Waals surface area contributed by atoms with Crippen molar-refractivity contribution in [1.82, 2.24) is 14.8 Å². The lowest BCUT2D eigenvalue weighted by atomic mass is 9.71.